The van der Waals surface area contributed by atoms with Crippen LogP contribution < -0.4 is 10.0 Å². The second-order valence-electron chi connectivity index (χ2n) is 6.52. The van der Waals surface area contributed by atoms with Gasteiger partial charge in [0.1, 0.15) is 0 Å². The first-order valence-electron chi connectivity index (χ1n) is 8.09. The summed E-state index contributed by atoms with van der Waals surface area (Å²) in [5.74, 6) is 0.914. The fraction of sp³-hybridized carbons (Fsp3) is 1.00. The largest absolute Gasteiger partial charge is 0.319 e. The van der Waals surface area contributed by atoms with Crippen molar-refractivity contribution in [2.75, 3.05) is 53.4 Å². The Morgan fingerprint density at radius 1 is 1.05 bits per heavy atom. The lowest BCUT2D eigenvalue weighted by atomic mass is 9.98. The number of likely N-dealkylation sites (tertiary alicyclic amines) is 1. The van der Waals surface area contributed by atoms with Crippen molar-refractivity contribution >= 4 is 10.2 Å². The molecule has 0 radical (unpaired) electrons. The molecule has 6 nitrogen and oxygen atoms in total. The van der Waals surface area contributed by atoms with Crippen LogP contribution in [0.25, 0.3) is 0 Å². The topological polar surface area (TPSA) is 64.7 Å². The maximum Gasteiger partial charge on any atom is 0.279 e. The Morgan fingerprint density at radius 2 is 1.76 bits per heavy atom. The van der Waals surface area contributed by atoms with Gasteiger partial charge in [0.15, 0.2) is 0 Å². The molecule has 0 aromatic heterocycles. The van der Waals surface area contributed by atoms with E-state index in [1.54, 1.807) is 4.31 Å². The molecule has 0 amide bonds. The lowest BCUT2D eigenvalue weighted by molar-refractivity contribution is 0.218. The fourth-order valence-electron chi connectivity index (χ4n) is 3.28. The van der Waals surface area contributed by atoms with Crippen LogP contribution in [-0.4, -0.2) is 71.0 Å². The molecule has 124 valence electrons. The Bertz CT molecular complexity index is 405. The lowest BCUT2D eigenvalue weighted by Gasteiger charge is -2.33. The molecule has 0 aromatic rings. The van der Waals surface area contributed by atoms with Gasteiger partial charge in [0, 0.05) is 19.6 Å². The summed E-state index contributed by atoms with van der Waals surface area (Å²) in [6, 6.07) is 0. The van der Waals surface area contributed by atoms with Crippen molar-refractivity contribution in [3.8, 4) is 0 Å². The van der Waals surface area contributed by atoms with Crippen molar-refractivity contribution in [1.29, 1.82) is 0 Å². The minimum Gasteiger partial charge on any atom is -0.319 e. The highest BCUT2D eigenvalue weighted by atomic mass is 32.2. The predicted molar refractivity (Wildman–Crippen MR) is 85.4 cm³/mol. The average molecular weight is 318 g/mol. The summed E-state index contributed by atoms with van der Waals surface area (Å²) >= 11 is 0. The monoisotopic (exact) mass is 318 g/mol. The maximum atomic E-state index is 12.4. The van der Waals surface area contributed by atoms with Gasteiger partial charge in [0.25, 0.3) is 10.2 Å². The second-order valence-corrected chi connectivity index (χ2v) is 8.28. The number of rotatable bonds is 6. The van der Waals surface area contributed by atoms with Crippen LogP contribution >= 0.6 is 0 Å². The lowest BCUT2D eigenvalue weighted by Crippen LogP contribution is -2.48. The molecule has 2 N–H and O–H groups in total. The molecule has 1 atom stereocenters. The summed E-state index contributed by atoms with van der Waals surface area (Å²) in [6.07, 6.45) is 4.24. The van der Waals surface area contributed by atoms with E-state index in [0.717, 1.165) is 45.3 Å². The van der Waals surface area contributed by atoms with Crippen LogP contribution in [0.15, 0.2) is 0 Å². The number of piperidine rings is 2. The molecular formula is C14H30N4O2S. The van der Waals surface area contributed by atoms with Crippen LogP contribution in [-0.2, 0) is 10.2 Å². The van der Waals surface area contributed by atoms with E-state index in [9.17, 15) is 8.42 Å². The zero-order chi connectivity index (χ0) is 15.3. The van der Waals surface area contributed by atoms with E-state index in [1.165, 1.54) is 0 Å². The van der Waals surface area contributed by atoms with Gasteiger partial charge in [-0.25, -0.2) is 4.72 Å². The van der Waals surface area contributed by atoms with Crippen molar-refractivity contribution in [3.05, 3.63) is 0 Å². The Hall–Kier alpha value is -0.210. The molecule has 2 fully saturated rings. The number of hydrogen-bond acceptors (Lipinski definition) is 4. The summed E-state index contributed by atoms with van der Waals surface area (Å²) in [5, 5.41) is 3.15. The smallest absolute Gasteiger partial charge is 0.279 e. The molecule has 2 aliphatic rings. The van der Waals surface area contributed by atoms with Crippen molar-refractivity contribution in [2.45, 2.75) is 25.7 Å². The van der Waals surface area contributed by atoms with Crippen LogP contribution in [0.5, 0.6) is 0 Å². The standard InChI is InChI=1S/C14H30N4O2S/c1-15-10-14-4-3-7-18(12-14)21(19,20)16-11-13-5-8-17(2)9-6-13/h13-16H,3-12H2,1-2H3. The zero-order valence-corrected chi connectivity index (χ0v) is 14.2. The summed E-state index contributed by atoms with van der Waals surface area (Å²) in [6.45, 7) is 4.91. The molecule has 0 aromatic carbocycles. The first-order valence-corrected chi connectivity index (χ1v) is 9.53. The molecule has 2 saturated heterocycles. The SMILES string of the molecule is CNCC1CCCN(S(=O)(=O)NCC2CCN(C)CC2)C1. The van der Waals surface area contributed by atoms with Gasteiger partial charge in [0.05, 0.1) is 0 Å². The van der Waals surface area contributed by atoms with Gasteiger partial charge < -0.3 is 10.2 Å². The average Bonchev–Trinajstić information content (AvgIpc) is 2.47. The van der Waals surface area contributed by atoms with Crippen molar-refractivity contribution in [2.24, 2.45) is 11.8 Å². The summed E-state index contributed by atoms with van der Waals surface area (Å²) < 4.78 is 29.3. The quantitative estimate of drug-likeness (QED) is 0.729. The molecule has 1 unspecified atom stereocenters. The van der Waals surface area contributed by atoms with Crippen molar-refractivity contribution in [3.63, 3.8) is 0 Å². The number of hydrogen-bond donors (Lipinski definition) is 2. The molecular weight excluding hydrogens is 288 g/mol. The zero-order valence-electron chi connectivity index (χ0n) is 13.3. The molecule has 0 aliphatic carbocycles. The first-order chi connectivity index (χ1) is 10.0. The number of nitrogens with one attached hydrogen (secondary N) is 2. The highest BCUT2D eigenvalue weighted by molar-refractivity contribution is 7.87. The third-order valence-electron chi connectivity index (χ3n) is 4.71. The van der Waals surface area contributed by atoms with Crippen LogP contribution in [0.1, 0.15) is 25.7 Å². The van der Waals surface area contributed by atoms with Gasteiger partial charge in [-0.3, -0.25) is 0 Å². The van der Waals surface area contributed by atoms with Gasteiger partial charge in [-0.05, 0) is 71.2 Å². The molecule has 0 saturated carbocycles. The molecule has 2 aliphatic heterocycles. The summed E-state index contributed by atoms with van der Waals surface area (Å²) in [4.78, 5) is 2.30. The van der Waals surface area contributed by atoms with E-state index in [-0.39, 0.29) is 0 Å². The second kappa shape index (κ2) is 7.87. The Kier molecular flexibility index (Phi) is 6.43. The highest BCUT2D eigenvalue weighted by Gasteiger charge is 2.29. The molecule has 0 bridgehead atoms. The van der Waals surface area contributed by atoms with Crippen LogP contribution in [0.2, 0.25) is 0 Å². The van der Waals surface area contributed by atoms with Crippen LogP contribution in [0.4, 0.5) is 0 Å². The van der Waals surface area contributed by atoms with E-state index >= 15 is 0 Å². The van der Waals surface area contributed by atoms with Gasteiger partial charge in [-0.2, -0.15) is 12.7 Å². The Morgan fingerprint density at radius 3 is 2.43 bits per heavy atom. The van der Waals surface area contributed by atoms with Gasteiger partial charge >= 0.3 is 0 Å². The number of nitrogens with zero attached hydrogens (tertiary/aromatic N) is 2. The molecule has 21 heavy (non-hydrogen) atoms. The van der Waals surface area contributed by atoms with Crippen LogP contribution in [0, 0.1) is 11.8 Å². The normalized spacial score (nSPS) is 27.0. The van der Waals surface area contributed by atoms with Gasteiger partial charge in [-0.1, -0.05) is 0 Å². The van der Waals surface area contributed by atoms with E-state index in [4.69, 9.17) is 0 Å². The molecule has 2 rings (SSSR count). The first kappa shape index (κ1) is 17.1. The Balaban J connectivity index is 1.80. The van der Waals surface area contributed by atoms with Crippen LogP contribution in [0.3, 0.4) is 0 Å². The van der Waals surface area contributed by atoms with E-state index in [1.807, 2.05) is 7.05 Å². The van der Waals surface area contributed by atoms with Crippen molar-refractivity contribution < 1.29 is 8.42 Å². The Labute approximate surface area is 129 Å². The van der Waals surface area contributed by atoms with E-state index in [2.05, 4.69) is 22.0 Å². The third kappa shape index (κ3) is 5.17. The predicted octanol–water partition coefficient (Wildman–Crippen LogP) is 0.0940. The summed E-state index contributed by atoms with van der Waals surface area (Å²) in [7, 11) is 0.738. The molecule has 7 heteroatoms. The summed E-state index contributed by atoms with van der Waals surface area (Å²) in [5.41, 5.74) is 0. The van der Waals surface area contributed by atoms with E-state index < -0.39 is 10.2 Å². The third-order valence-corrected chi connectivity index (χ3v) is 6.25. The molecule has 2 heterocycles. The highest BCUT2D eigenvalue weighted by Crippen LogP contribution is 2.19. The van der Waals surface area contributed by atoms with Crippen molar-refractivity contribution in [1.82, 2.24) is 19.2 Å². The fourth-order valence-corrected chi connectivity index (χ4v) is 4.69. The maximum absolute atomic E-state index is 12.4. The molecule has 0 spiro atoms. The van der Waals surface area contributed by atoms with Gasteiger partial charge in [-0.15, -0.1) is 0 Å². The minimum atomic E-state index is -3.31. The van der Waals surface area contributed by atoms with E-state index in [0.29, 0.717) is 31.5 Å². The van der Waals surface area contributed by atoms with Gasteiger partial charge in [0.2, 0.25) is 0 Å². The minimum absolute atomic E-state index is 0.434.